The van der Waals surface area contributed by atoms with Gasteiger partial charge >= 0.3 is 0 Å². The first-order valence-electron chi connectivity index (χ1n) is 8.53. The van der Waals surface area contributed by atoms with Crippen molar-refractivity contribution < 1.29 is 9.72 Å². The van der Waals surface area contributed by atoms with Gasteiger partial charge in [-0.25, -0.2) is 14.6 Å². The van der Waals surface area contributed by atoms with E-state index in [0.717, 1.165) is 11.1 Å². The highest BCUT2D eigenvalue weighted by molar-refractivity contribution is 8.00. The van der Waals surface area contributed by atoms with Gasteiger partial charge in [0, 0.05) is 6.07 Å². The molecule has 0 atom stereocenters. The zero-order valence-electron chi connectivity index (χ0n) is 14.9. The van der Waals surface area contributed by atoms with E-state index in [1.165, 1.54) is 30.2 Å². The first kappa shape index (κ1) is 18.6. The van der Waals surface area contributed by atoms with Gasteiger partial charge in [-0.1, -0.05) is 42.1 Å². The average molecular weight is 406 g/mol. The van der Waals surface area contributed by atoms with Gasteiger partial charge in [0.25, 0.3) is 5.69 Å². The molecule has 4 rings (SSSR count). The second kappa shape index (κ2) is 8.07. The fourth-order valence-electron chi connectivity index (χ4n) is 2.75. The Hall–Kier alpha value is -3.79. The molecule has 0 spiro atoms. The number of hydrogen-bond donors (Lipinski definition) is 1. The van der Waals surface area contributed by atoms with Crippen LogP contribution in [-0.2, 0) is 4.79 Å². The Morgan fingerprint density at radius 1 is 1.10 bits per heavy atom. The lowest BCUT2D eigenvalue weighted by molar-refractivity contribution is -0.383. The van der Waals surface area contributed by atoms with E-state index < -0.39 is 4.92 Å². The molecule has 0 radical (unpaired) electrons. The summed E-state index contributed by atoms with van der Waals surface area (Å²) in [5, 5.41) is 19.4. The van der Waals surface area contributed by atoms with Crippen LogP contribution < -0.4 is 5.32 Å². The molecule has 0 saturated heterocycles. The predicted octanol–water partition coefficient (Wildman–Crippen LogP) is 3.45. The van der Waals surface area contributed by atoms with Crippen LogP contribution in [0.2, 0.25) is 0 Å². The van der Waals surface area contributed by atoms with Gasteiger partial charge in [0.1, 0.15) is 17.0 Å². The Morgan fingerprint density at radius 2 is 1.86 bits per heavy atom. The molecule has 10 heteroatoms. The van der Waals surface area contributed by atoms with Crippen LogP contribution in [-0.4, -0.2) is 36.3 Å². The number of aromatic nitrogens is 4. The normalized spacial score (nSPS) is 10.8. The van der Waals surface area contributed by atoms with Crippen molar-refractivity contribution in [2.75, 3.05) is 11.1 Å². The number of fused-ring (bicyclic) bond motifs is 1. The molecule has 0 unspecified atom stereocenters. The lowest BCUT2D eigenvalue weighted by atomic mass is 10.2. The highest BCUT2D eigenvalue weighted by atomic mass is 32.2. The van der Waals surface area contributed by atoms with Crippen molar-refractivity contribution in [3.63, 3.8) is 0 Å². The van der Waals surface area contributed by atoms with Gasteiger partial charge in [-0.3, -0.25) is 14.9 Å². The minimum Gasteiger partial charge on any atom is -0.320 e. The standard InChI is InChI=1S/C19H14N6O3S/c26-17(23-15-8-4-5-9-16(15)25(27)28)11-29-19-14-10-22-24(18(14)20-12-21-19)13-6-2-1-3-7-13/h1-10,12H,11H2,(H,23,26). The maximum Gasteiger partial charge on any atom is 0.292 e. The number of nitrogens with zero attached hydrogens (tertiary/aromatic N) is 5. The lowest BCUT2D eigenvalue weighted by Gasteiger charge is -2.06. The number of amides is 1. The number of carbonyl (C=O) groups is 1. The molecule has 2 aromatic carbocycles. The molecule has 1 amide bonds. The second-order valence-corrected chi connectivity index (χ2v) is 6.88. The summed E-state index contributed by atoms with van der Waals surface area (Å²) in [5.41, 5.74) is 1.51. The molecule has 1 N–H and O–H groups in total. The summed E-state index contributed by atoms with van der Waals surface area (Å²) in [6.45, 7) is 0. The lowest BCUT2D eigenvalue weighted by Crippen LogP contribution is -2.15. The summed E-state index contributed by atoms with van der Waals surface area (Å²) in [6.07, 6.45) is 3.08. The summed E-state index contributed by atoms with van der Waals surface area (Å²) in [5.74, 6) is -0.333. The molecular formula is C19H14N6O3S. The van der Waals surface area contributed by atoms with Crippen molar-refractivity contribution in [1.82, 2.24) is 19.7 Å². The molecule has 0 aliphatic heterocycles. The van der Waals surface area contributed by atoms with E-state index in [1.54, 1.807) is 23.0 Å². The van der Waals surface area contributed by atoms with E-state index in [1.807, 2.05) is 30.3 Å². The van der Waals surface area contributed by atoms with Crippen molar-refractivity contribution in [2.24, 2.45) is 0 Å². The average Bonchev–Trinajstić information content (AvgIpc) is 3.18. The minimum atomic E-state index is -0.533. The van der Waals surface area contributed by atoms with Gasteiger partial charge < -0.3 is 5.32 Å². The number of anilines is 1. The number of rotatable bonds is 6. The van der Waals surface area contributed by atoms with Crippen LogP contribution in [0.4, 0.5) is 11.4 Å². The van der Waals surface area contributed by atoms with E-state index in [9.17, 15) is 14.9 Å². The quantitative estimate of drug-likeness (QED) is 0.226. The molecule has 29 heavy (non-hydrogen) atoms. The number of nitro benzene ring substituents is 1. The third kappa shape index (κ3) is 3.92. The summed E-state index contributed by atoms with van der Waals surface area (Å²) >= 11 is 1.21. The molecule has 4 aromatic rings. The largest absolute Gasteiger partial charge is 0.320 e. The number of benzene rings is 2. The Balaban J connectivity index is 1.51. The summed E-state index contributed by atoms with van der Waals surface area (Å²) in [7, 11) is 0. The molecule has 0 saturated carbocycles. The summed E-state index contributed by atoms with van der Waals surface area (Å²) < 4.78 is 1.70. The number of thioether (sulfide) groups is 1. The van der Waals surface area contributed by atoms with Gasteiger partial charge in [0.15, 0.2) is 5.65 Å². The maximum absolute atomic E-state index is 12.3. The molecular weight excluding hydrogens is 392 g/mol. The van der Waals surface area contributed by atoms with Crippen LogP contribution in [0.15, 0.2) is 72.1 Å². The molecule has 9 nitrogen and oxygen atoms in total. The fraction of sp³-hybridized carbons (Fsp3) is 0.0526. The first-order valence-corrected chi connectivity index (χ1v) is 9.52. The van der Waals surface area contributed by atoms with Crippen molar-refractivity contribution in [3.8, 4) is 5.69 Å². The fourth-order valence-corrected chi connectivity index (χ4v) is 3.52. The second-order valence-electron chi connectivity index (χ2n) is 5.92. The van der Waals surface area contributed by atoms with E-state index >= 15 is 0 Å². The van der Waals surface area contributed by atoms with E-state index in [2.05, 4.69) is 20.4 Å². The van der Waals surface area contributed by atoms with Crippen LogP contribution in [0.5, 0.6) is 0 Å². The number of para-hydroxylation sites is 3. The SMILES string of the molecule is O=C(CSc1ncnc2c1cnn2-c1ccccc1)Nc1ccccc1[N+](=O)[O-]. The van der Waals surface area contributed by atoms with Gasteiger partial charge in [-0.2, -0.15) is 5.10 Å². The van der Waals surface area contributed by atoms with Crippen LogP contribution in [0.3, 0.4) is 0 Å². The van der Waals surface area contributed by atoms with Crippen molar-refractivity contribution in [2.45, 2.75) is 5.03 Å². The number of carbonyl (C=O) groups excluding carboxylic acids is 1. The van der Waals surface area contributed by atoms with Gasteiger partial charge in [-0.05, 0) is 18.2 Å². The van der Waals surface area contributed by atoms with E-state index in [4.69, 9.17) is 0 Å². The van der Waals surface area contributed by atoms with E-state index in [0.29, 0.717) is 10.7 Å². The molecule has 144 valence electrons. The van der Waals surface area contributed by atoms with Crippen molar-refractivity contribution in [3.05, 3.63) is 77.2 Å². The van der Waals surface area contributed by atoms with Crippen LogP contribution in [0.1, 0.15) is 0 Å². The first-order chi connectivity index (χ1) is 14.1. The Labute approximate surface area is 168 Å². The topological polar surface area (TPSA) is 116 Å². The minimum absolute atomic E-state index is 0.0364. The summed E-state index contributed by atoms with van der Waals surface area (Å²) in [6, 6.07) is 15.6. The van der Waals surface area contributed by atoms with Gasteiger partial charge in [0.05, 0.1) is 27.9 Å². The van der Waals surface area contributed by atoms with E-state index in [-0.39, 0.29) is 23.0 Å². The number of nitro groups is 1. The van der Waals surface area contributed by atoms with Gasteiger partial charge in [-0.15, -0.1) is 0 Å². The molecule has 0 aliphatic carbocycles. The predicted molar refractivity (Wildman–Crippen MR) is 109 cm³/mol. The van der Waals surface area contributed by atoms with Crippen LogP contribution >= 0.6 is 11.8 Å². The Bertz CT molecular complexity index is 1200. The maximum atomic E-state index is 12.3. The molecule has 2 heterocycles. The zero-order chi connectivity index (χ0) is 20.2. The summed E-state index contributed by atoms with van der Waals surface area (Å²) in [4.78, 5) is 31.4. The van der Waals surface area contributed by atoms with Crippen molar-refractivity contribution >= 4 is 40.1 Å². The monoisotopic (exact) mass is 406 g/mol. The third-order valence-electron chi connectivity index (χ3n) is 4.04. The van der Waals surface area contributed by atoms with Crippen LogP contribution in [0, 0.1) is 10.1 Å². The van der Waals surface area contributed by atoms with Crippen molar-refractivity contribution in [1.29, 1.82) is 0 Å². The molecule has 0 fully saturated rings. The van der Waals surface area contributed by atoms with Crippen LogP contribution in [0.25, 0.3) is 16.7 Å². The Kier molecular flexibility index (Phi) is 5.16. The Morgan fingerprint density at radius 3 is 2.66 bits per heavy atom. The zero-order valence-corrected chi connectivity index (χ0v) is 15.7. The number of nitrogens with one attached hydrogen (secondary N) is 1. The highest BCUT2D eigenvalue weighted by Crippen LogP contribution is 2.27. The smallest absolute Gasteiger partial charge is 0.292 e. The number of hydrogen-bond acceptors (Lipinski definition) is 7. The molecule has 0 aliphatic rings. The third-order valence-corrected chi connectivity index (χ3v) is 5.05. The molecule has 2 aromatic heterocycles. The van der Waals surface area contributed by atoms with Gasteiger partial charge in [0.2, 0.25) is 5.91 Å². The highest BCUT2D eigenvalue weighted by Gasteiger charge is 2.16. The molecule has 0 bridgehead atoms.